The molecule has 0 saturated heterocycles. The highest BCUT2D eigenvalue weighted by molar-refractivity contribution is 14.1. The fourth-order valence-corrected chi connectivity index (χ4v) is 3.55. The van der Waals surface area contributed by atoms with Crippen molar-refractivity contribution in [2.45, 2.75) is 6.61 Å². The molecule has 0 atom stereocenters. The van der Waals surface area contributed by atoms with Gasteiger partial charge in [-0.25, -0.2) is 9.82 Å². The van der Waals surface area contributed by atoms with Crippen molar-refractivity contribution in [3.8, 4) is 11.5 Å². The first kappa shape index (κ1) is 22.0. The van der Waals surface area contributed by atoms with Gasteiger partial charge in [0.15, 0.2) is 11.5 Å². The van der Waals surface area contributed by atoms with Crippen molar-refractivity contribution in [2.24, 2.45) is 5.10 Å². The zero-order valence-corrected chi connectivity index (χ0v) is 18.8. The predicted molar refractivity (Wildman–Crippen MR) is 123 cm³/mol. The van der Waals surface area contributed by atoms with Crippen LogP contribution in [0.15, 0.2) is 65.8 Å². The summed E-state index contributed by atoms with van der Waals surface area (Å²) in [5, 5.41) is 4.45. The Hall–Kier alpha value is -2.65. The van der Waals surface area contributed by atoms with E-state index in [9.17, 15) is 9.18 Å². The Morgan fingerprint density at radius 2 is 2.00 bits per heavy atom. The maximum absolute atomic E-state index is 13.8. The van der Waals surface area contributed by atoms with Crippen LogP contribution in [0.3, 0.4) is 0 Å². The molecular formula is C22H17ClFIN2O3. The number of hydrogen-bond acceptors (Lipinski definition) is 4. The van der Waals surface area contributed by atoms with Crippen LogP contribution < -0.4 is 14.9 Å². The number of ether oxygens (including phenoxy) is 2. The van der Waals surface area contributed by atoms with E-state index < -0.39 is 0 Å². The Kier molecular flexibility index (Phi) is 7.64. The summed E-state index contributed by atoms with van der Waals surface area (Å²) in [6, 6.07) is 16.5. The van der Waals surface area contributed by atoms with Gasteiger partial charge in [0.05, 0.1) is 16.9 Å². The van der Waals surface area contributed by atoms with E-state index in [1.54, 1.807) is 48.5 Å². The van der Waals surface area contributed by atoms with Gasteiger partial charge in [-0.2, -0.15) is 5.10 Å². The molecule has 0 unspecified atom stereocenters. The molecule has 0 aromatic heterocycles. The van der Waals surface area contributed by atoms with Crippen LogP contribution in [-0.2, 0) is 6.61 Å². The molecule has 3 rings (SSSR count). The number of rotatable bonds is 7. The lowest BCUT2D eigenvalue weighted by atomic mass is 10.2. The van der Waals surface area contributed by atoms with Gasteiger partial charge in [0.1, 0.15) is 12.4 Å². The van der Waals surface area contributed by atoms with Gasteiger partial charge in [-0.05, 0) is 64.6 Å². The Balaban J connectivity index is 1.71. The fraction of sp³-hybridized carbons (Fsp3) is 0.0909. The third-order valence-corrected chi connectivity index (χ3v) is 5.08. The van der Waals surface area contributed by atoms with Gasteiger partial charge in [-0.1, -0.05) is 35.9 Å². The quantitative estimate of drug-likeness (QED) is 0.248. The number of benzene rings is 3. The average molecular weight is 539 g/mol. The lowest BCUT2D eigenvalue weighted by molar-refractivity contribution is 0.0955. The smallest absolute Gasteiger partial charge is 0.271 e. The van der Waals surface area contributed by atoms with E-state index in [1.807, 2.05) is 6.07 Å². The number of methoxy groups -OCH3 is 1. The molecule has 0 radical (unpaired) electrons. The van der Waals surface area contributed by atoms with E-state index in [4.69, 9.17) is 21.1 Å². The summed E-state index contributed by atoms with van der Waals surface area (Å²) in [7, 11) is 1.52. The van der Waals surface area contributed by atoms with Crippen LogP contribution in [0.5, 0.6) is 11.5 Å². The molecule has 30 heavy (non-hydrogen) atoms. The van der Waals surface area contributed by atoms with Gasteiger partial charge in [-0.3, -0.25) is 4.79 Å². The molecule has 8 heteroatoms. The summed E-state index contributed by atoms with van der Waals surface area (Å²) >= 11 is 7.99. The van der Waals surface area contributed by atoms with Gasteiger partial charge in [0, 0.05) is 16.1 Å². The van der Waals surface area contributed by atoms with E-state index in [2.05, 4.69) is 33.1 Å². The normalized spacial score (nSPS) is 10.8. The number of amides is 1. The van der Waals surface area contributed by atoms with E-state index in [-0.39, 0.29) is 18.3 Å². The minimum absolute atomic E-state index is 0.0716. The molecule has 0 spiro atoms. The van der Waals surface area contributed by atoms with Crippen molar-refractivity contribution in [1.29, 1.82) is 0 Å². The Morgan fingerprint density at radius 3 is 2.73 bits per heavy atom. The van der Waals surface area contributed by atoms with Crippen LogP contribution in [0.25, 0.3) is 0 Å². The van der Waals surface area contributed by atoms with Gasteiger partial charge in [-0.15, -0.1) is 0 Å². The first-order chi connectivity index (χ1) is 14.5. The van der Waals surface area contributed by atoms with Crippen LogP contribution in [0.4, 0.5) is 4.39 Å². The monoisotopic (exact) mass is 538 g/mol. The van der Waals surface area contributed by atoms with Gasteiger partial charge >= 0.3 is 0 Å². The van der Waals surface area contributed by atoms with Crippen molar-refractivity contribution in [3.63, 3.8) is 0 Å². The molecule has 3 aromatic rings. The fourth-order valence-electron chi connectivity index (χ4n) is 2.58. The molecule has 1 N–H and O–H groups in total. The highest BCUT2D eigenvalue weighted by Crippen LogP contribution is 2.34. The van der Waals surface area contributed by atoms with E-state index >= 15 is 0 Å². The third-order valence-electron chi connectivity index (χ3n) is 4.05. The number of carbonyl (C=O) groups excluding carboxylic acids is 1. The number of hydrogen-bond donors (Lipinski definition) is 1. The van der Waals surface area contributed by atoms with Crippen LogP contribution in [0.2, 0.25) is 5.02 Å². The lowest BCUT2D eigenvalue weighted by Crippen LogP contribution is -2.17. The second-order valence-corrected chi connectivity index (χ2v) is 7.72. The highest BCUT2D eigenvalue weighted by atomic mass is 127. The minimum Gasteiger partial charge on any atom is -0.493 e. The first-order valence-electron chi connectivity index (χ1n) is 8.80. The molecule has 0 fully saturated rings. The largest absolute Gasteiger partial charge is 0.493 e. The molecule has 0 aliphatic carbocycles. The number of carbonyl (C=O) groups is 1. The zero-order valence-electron chi connectivity index (χ0n) is 15.9. The summed E-state index contributed by atoms with van der Waals surface area (Å²) in [6.45, 7) is 0.0716. The van der Waals surface area contributed by atoms with E-state index in [0.29, 0.717) is 33.2 Å². The van der Waals surface area contributed by atoms with Crippen LogP contribution in [0.1, 0.15) is 21.5 Å². The van der Waals surface area contributed by atoms with Crippen molar-refractivity contribution in [3.05, 3.63) is 91.8 Å². The second-order valence-electron chi connectivity index (χ2n) is 6.12. The summed E-state index contributed by atoms with van der Waals surface area (Å²) in [6.07, 6.45) is 1.49. The summed E-state index contributed by atoms with van der Waals surface area (Å²) in [5.41, 5.74) is 4.01. The maximum Gasteiger partial charge on any atom is 0.271 e. The Morgan fingerprint density at radius 1 is 1.20 bits per heavy atom. The number of halogens is 3. The minimum atomic E-state index is -0.375. The standard InChI is InChI=1S/C22H17ClFIN2O3/c1-29-20-10-14(12-26-27-22(28)15-6-4-7-17(23)11-15)9-19(25)21(20)30-13-16-5-2-3-8-18(16)24/h2-12H,13H2,1H3,(H,27,28)/b26-12-. The Labute approximate surface area is 192 Å². The van der Waals surface area contributed by atoms with E-state index in [0.717, 1.165) is 3.57 Å². The lowest BCUT2D eigenvalue weighted by Gasteiger charge is -2.14. The van der Waals surface area contributed by atoms with Crippen LogP contribution in [-0.4, -0.2) is 19.2 Å². The molecule has 0 saturated carbocycles. The second kappa shape index (κ2) is 10.4. The van der Waals surface area contributed by atoms with Crippen molar-refractivity contribution in [2.75, 3.05) is 7.11 Å². The van der Waals surface area contributed by atoms with Crippen molar-refractivity contribution >= 4 is 46.3 Å². The molecule has 0 heterocycles. The van der Waals surface area contributed by atoms with Crippen molar-refractivity contribution < 1.29 is 18.7 Å². The van der Waals surface area contributed by atoms with Gasteiger partial charge < -0.3 is 9.47 Å². The van der Waals surface area contributed by atoms with Crippen LogP contribution in [0, 0.1) is 9.39 Å². The summed E-state index contributed by atoms with van der Waals surface area (Å²) in [4.78, 5) is 12.1. The molecule has 3 aromatic carbocycles. The number of nitrogens with one attached hydrogen (secondary N) is 1. The maximum atomic E-state index is 13.8. The SMILES string of the molecule is COc1cc(/C=N\NC(=O)c2cccc(Cl)c2)cc(I)c1OCc1ccccc1F. The van der Waals surface area contributed by atoms with Gasteiger partial charge in [0.25, 0.3) is 5.91 Å². The molecule has 0 aliphatic heterocycles. The van der Waals surface area contributed by atoms with Crippen molar-refractivity contribution in [1.82, 2.24) is 5.43 Å². The molecule has 5 nitrogen and oxygen atoms in total. The average Bonchev–Trinajstić information content (AvgIpc) is 2.73. The first-order valence-corrected chi connectivity index (χ1v) is 10.3. The Bertz CT molecular complexity index is 1090. The summed E-state index contributed by atoms with van der Waals surface area (Å²) < 4.78 is 25.8. The molecule has 0 bridgehead atoms. The molecular weight excluding hydrogens is 522 g/mol. The van der Waals surface area contributed by atoms with Crippen LogP contribution >= 0.6 is 34.2 Å². The molecule has 1 amide bonds. The number of nitrogens with zero attached hydrogens (tertiary/aromatic N) is 1. The number of hydrazone groups is 1. The molecule has 154 valence electrons. The predicted octanol–water partition coefficient (Wildman–Crippen LogP) is 5.44. The van der Waals surface area contributed by atoms with Gasteiger partial charge in [0.2, 0.25) is 0 Å². The zero-order chi connectivity index (χ0) is 21.5. The van der Waals surface area contributed by atoms with E-state index in [1.165, 1.54) is 19.4 Å². The molecule has 0 aliphatic rings. The third kappa shape index (κ3) is 5.70. The topological polar surface area (TPSA) is 59.9 Å². The highest BCUT2D eigenvalue weighted by Gasteiger charge is 2.13. The summed E-state index contributed by atoms with van der Waals surface area (Å²) in [5.74, 6) is 0.272.